The van der Waals surface area contributed by atoms with Crippen LogP contribution in [0, 0.1) is 0 Å². The standard InChI is InChI=1S/C18H21N5O2/c1-12(24)20-14-6-8-15(9-7-14)21-17(25)16-10-11-19-18(23-16)22-13-4-2-3-5-13/h6-11,13H,2-5H2,1H3,(H,20,24)(H,21,25)(H,19,22,23). The number of nitrogens with one attached hydrogen (secondary N) is 3. The molecular weight excluding hydrogens is 318 g/mol. The van der Waals surface area contributed by atoms with Gasteiger partial charge in [0, 0.05) is 30.5 Å². The van der Waals surface area contributed by atoms with Gasteiger partial charge >= 0.3 is 0 Å². The highest BCUT2D eigenvalue weighted by Gasteiger charge is 2.16. The van der Waals surface area contributed by atoms with Gasteiger partial charge < -0.3 is 16.0 Å². The molecule has 3 N–H and O–H groups in total. The molecule has 0 spiro atoms. The summed E-state index contributed by atoms with van der Waals surface area (Å²) in [4.78, 5) is 31.9. The first-order chi connectivity index (χ1) is 12.1. The van der Waals surface area contributed by atoms with Gasteiger partial charge in [-0.3, -0.25) is 9.59 Å². The van der Waals surface area contributed by atoms with E-state index in [0.29, 0.717) is 29.1 Å². The molecule has 25 heavy (non-hydrogen) atoms. The van der Waals surface area contributed by atoms with Gasteiger partial charge in [-0.2, -0.15) is 0 Å². The molecule has 7 heteroatoms. The zero-order chi connectivity index (χ0) is 17.6. The third-order valence-corrected chi connectivity index (χ3v) is 4.04. The molecule has 1 fully saturated rings. The summed E-state index contributed by atoms with van der Waals surface area (Å²) in [6.45, 7) is 1.45. The smallest absolute Gasteiger partial charge is 0.274 e. The number of rotatable bonds is 5. The van der Waals surface area contributed by atoms with Crippen molar-refractivity contribution in [2.45, 2.75) is 38.6 Å². The minimum Gasteiger partial charge on any atom is -0.351 e. The largest absolute Gasteiger partial charge is 0.351 e. The number of anilines is 3. The number of nitrogens with zero attached hydrogens (tertiary/aromatic N) is 2. The molecule has 0 aliphatic heterocycles. The van der Waals surface area contributed by atoms with E-state index in [0.717, 1.165) is 12.8 Å². The molecule has 130 valence electrons. The molecule has 0 bridgehead atoms. The van der Waals surface area contributed by atoms with E-state index in [-0.39, 0.29) is 11.8 Å². The number of hydrogen-bond donors (Lipinski definition) is 3. The Hall–Kier alpha value is -2.96. The second-order valence-corrected chi connectivity index (χ2v) is 6.10. The molecule has 1 heterocycles. The lowest BCUT2D eigenvalue weighted by atomic mass is 10.2. The van der Waals surface area contributed by atoms with Crippen LogP contribution < -0.4 is 16.0 Å². The van der Waals surface area contributed by atoms with Crippen LogP contribution in [-0.4, -0.2) is 27.8 Å². The number of carbonyl (C=O) groups is 2. The number of amides is 2. The van der Waals surface area contributed by atoms with E-state index in [1.165, 1.54) is 19.8 Å². The van der Waals surface area contributed by atoms with Gasteiger partial charge in [-0.05, 0) is 43.2 Å². The van der Waals surface area contributed by atoms with Crippen molar-refractivity contribution in [2.24, 2.45) is 0 Å². The summed E-state index contributed by atoms with van der Waals surface area (Å²) in [6.07, 6.45) is 6.23. The van der Waals surface area contributed by atoms with Gasteiger partial charge in [-0.1, -0.05) is 12.8 Å². The molecule has 0 radical (unpaired) electrons. The van der Waals surface area contributed by atoms with Crippen LogP contribution >= 0.6 is 0 Å². The van der Waals surface area contributed by atoms with Crippen molar-refractivity contribution in [2.75, 3.05) is 16.0 Å². The summed E-state index contributed by atoms with van der Waals surface area (Å²) >= 11 is 0. The van der Waals surface area contributed by atoms with E-state index < -0.39 is 0 Å². The van der Waals surface area contributed by atoms with Crippen LogP contribution in [-0.2, 0) is 4.79 Å². The van der Waals surface area contributed by atoms with Gasteiger partial charge in [0.05, 0.1) is 0 Å². The molecule has 7 nitrogen and oxygen atoms in total. The zero-order valence-electron chi connectivity index (χ0n) is 14.1. The molecule has 0 atom stereocenters. The van der Waals surface area contributed by atoms with Crippen LogP contribution in [0.2, 0.25) is 0 Å². The lowest BCUT2D eigenvalue weighted by molar-refractivity contribution is -0.114. The van der Waals surface area contributed by atoms with Gasteiger partial charge in [-0.15, -0.1) is 0 Å². The number of benzene rings is 1. The molecule has 1 aliphatic carbocycles. The first-order valence-corrected chi connectivity index (χ1v) is 8.39. The fraction of sp³-hybridized carbons (Fsp3) is 0.333. The number of aromatic nitrogens is 2. The van der Waals surface area contributed by atoms with Crippen LogP contribution in [0.3, 0.4) is 0 Å². The second kappa shape index (κ2) is 7.74. The minimum absolute atomic E-state index is 0.139. The van der Waals surface area contributed by atoms with E-state index in [4.69, 9.17) is 0 Å². The summed E-state index contributed by atoms with van der Waals surface area (Å²) in [5, 5.41) is 8.75. The van der Waals surface area contributed by atoms with Gasteiger partial charge in [0.15, 0.2) is 0 Å². The highest BCUT2D eigenvalue weighted by molar-refractivity contribution is 6.03. The van der Waals surface area contributed by atoms with E-state index in [1.54, 1.807) is 36.5 Å². The summed E-state index contributed by atoms with van der Waals surface area (Å²) < 4.78 is 0. The van der Waals surface area contributed by atoms with Gasteiger partial charge in [0.1, 0.15) is 5.69 Å². The zero-order valence-corrected chi connectivity index (χ0v) is 14.1. The predicted octanol–water partition coefficient (Wildman–Crippen LogP) is 3.04. The third-order valence-electron chi connectivity index (χ3n) is 4.04. The molecule has 0 saturated heterocycles. The number of carbonyl (C=O) groups excluding carboxylic acids is 2. The van der Waals surface area contributed by atoms with Crippen molar-refractivity contribution in [3.8, 4) is 0 Å². The molecule has 1 aromatic heterocycles. The number of hydrogen-bond acceptors (Lipinski definition) is 5. The molecule has 0 unspecified atom stereocenters. The average molecular weight is 339 g/mol. The first-order valence-electron chi connectivity index (χ1n) is 8.39. The highest BCUT2D eigenvalue weighted by Crippen LogP contribution is 2.21. The van der Waals surface area contributed by atoms with Crippen molar-refractivity contribution in [3.05, 3.63) is 42.2 Å². The molecule has 3 rings (SSSR count). The van der Waals surface area contributed by atoms with Crippen molar-refractivity contribution in [3.63, 3.8) is 0 Å². The van der Waals surface area contributed by atoms with Crippen LogP contribution in [0.4, 0.5) is 17.3 Å². The maximum Gasteiger partial charge on any atom is 0.274 e. The Balaban J connectivity index is 1.63. The van der Waals surface area contributed by atoms with E-state index >= 15 is 0 Å². The minimum atomic E-state index is -0.302. The highest BCUT2D eigenvalue weighted by atomic mass is 16.2. The van der Waals surface area contributed by atoms with Crippen molar-refractivity contribution in [1.29, 1.82) is 0 Å². The predicted molar refractivity (Wildman–Crippen MR) is 96.6 cm³/mol. The van der Waals surface area contributed by atoms with Crippen LogP contribution in [0.25, 0.3) is 0 Å². The van der Waals surface area contributed by atoms with Crippen LogP contribution in [0.1, 0.15) is 43.1 Å². The first kappa shape index (κ1) is 16.9. The Morgan fingerprint density at radius 1 is 1.00 bits per heavy atom. The van der Waals surface area contributed by atoms with E-state index in [9.17, 15) is 9.59 Å². The fourth-order valence-electron chi connectivity index (χ4n) is 2.84. The van der Waals surface area contributed by atoms with Gasteiger partial charge in [-0.25, -0.2) is 9.97 Å². The molecule has 2 aromatic rings. The summed E-state index contributed by atoms with van der Waals surface area (Å²) in [6, 6.07) is 8.87. The Bertz CT molecular complexity index is 754. The monoisotopic (exact) mass is 339 g/mol. The van der Waals surface area contributed by atoms with Gasteiger partial charge in [0.2, 0.25) is 11.9 Å². The lowest BCUT2D eigenvalue weighted by Gasteiger charge is -2.12. The molecule has 1 saturated carbocycles. The summed E-state index contributed by atoms with van der Waals surface area (Å²) in [5.74, 6) is 0.0461. The van der Waals surface area contributed by atoms with Crippen molar-refractivity contribution >= 4 is 29.1 Å². The Kier molecular flexibility index (Phi) is 5.23. The fourth-order valence-corrected chi connectivity index (χ4v) is 2.84. The SMILES string of the molecule is CC(=O)Nc1ccc(NC(=O)c2ccnc(NC3CCCC3)n2)cc1. The average Bonchev–Trinajstić information content (AvgIpc) is 3.09. The Labute approximate surface area is 146 Å². The van der Waals surface area contributed by atoms with Crippen LogP contribution in [0.15, 0.2) is 36.5 Å². The quantitative estimate of drug-likeness (QED) is 0.778. The third kappa shape index (κ3) is 4.76. The van der Waals surface area contributed by atoms with Crippen molar-refractivity contribution in [1.82, 2.24) is 9.97 Å². The Morgan fingerprint density at radius 2 is 1.64 bits per heavy atom. The topological polar surface area (TPSA) is 96.0 Å². The Morgan fingerprint density at radius 3 is 2.28 bits per heavy atom. The summed E-state index contributed by atoms with van der Waals surface area (Å²) in [7, 11) is 0. The summed E-state index contributed by atoms with van der Waals surface area (Å²) in [5.41, 5.74) is 1.61. The van der Waals surface area contributed by atoms with E-state index in [2.05, 4.69) is 25.9 Å². The van der Waals surface area contributed by atoms with Gasteiger partial charge in [0.25, 0.3) is 5.91 Å². The second-order valence-electron chi connectivity index (χ2n) is 6.10. The molecule has 1 aliphatic rings. The molecule has 2 amide bonds. The van der Waals surface area contributed by atoms with E-state index in [1.807, 2.05) is 0 Å². The molecular formula is C18H21N5O2. The van der Waals surface area contributed by atoms with Crippen LogP contribution in [0.5, 0.6) is 0 Å². The normalized spacial score (nSPS) is 14.1. The van der Waals surface area contributed by atoms with Crippen molar-refractivity contribution < 1.29 is 9.59 Å². The maximum absolute atomic E-state index is 12.4. The lowest BCUT2D eigenvalue weighted by Crippen LogP contribution is -2.19. The molecule has 1 aromatic carbocycles. The maximum atomic E-state index is 12.4.